The van der Waals surface area contributed by atoms with Crippen LogP contribution < -0.4 is 0 Å². The van der Waals surface area contributed by atoms with Crippen molar-refractivity contribution >= 4 is 18.5 Å². The Balaban J connectivity index is 2.09. The summed E-state index contributed by atoms with van der Waals surface area (Å²) in [6.45, 7) is 2.62. The maximum Gasteiger partial charge on any atom is 0.295 e. The second-order valence-electron chi connectivity index (χ2n) is 5.40. The van der Waals surface area contributed by atoms with Crippen LogP contribution in [-0.2, 0) is 20.9 Å². The van der Waals surface area contributed by atoms with Gasteiger partial charge in [0.05, 0.1) is 6.61 Å². The number of rotatable bonds is 5. The SMILES string of the molecule is CC1CC(OC=O)N(C(=O)/C=C/c2ccc(O)c(CO)c2)C1. The smallest absolute Gasteiger partial charge is 0.295 e. The number of benzene rings is 1. The molecule has 1 saturated heterocycles. The van der Waals surface area contributed by atoms with E-state index < -0.39 is 6.23 Å². The summed E-state index contributed by atoms with van der Waals surface area (Å²) in [4.78, 5) is 24.2. The van der Waals surface area contributed by atoms with Crippen LogP contribution >= 0.6 is 0 Å². The minimum absolute atomic E-state index is 0.0128. The molecule has 1 aliphatic rings. The van der Waals surface area contributed by atoms with Gasteiger partial charge in [-0.2, -0.15) is 0 Å². The monoisotopic (exact) mass is 305 g/mol. The van der Waals surface area contributed by atoms with E-state index in [0.29, 0.717) is 30.6 Å². The molecule has 0 aromatic heterocycles. The number of hydrogen-bond acceptors (Lipinski definition) is 5. The molecule has 118 valence electrons. The summed E-state index contributed by atoms with van der Waals surface area (Å²) < 4.78 is 4.94. The van der Waals surface area contributed by atoms with E-state index in [4.69, 9.17) is 9.84 Å². The zero-order chi connectivity index (χ0) is 16.1. The highest BCUT2D eigenvalue weighted by Gasteiger charge is 2.33. The van der Waals surface area contributed by atoms with Crippen molar-refractivity contribution in [2.45, 2.75) is 26.2 Å². The van der Waals surface area contributed by atoms with E-state index in [9.17, 15) is 14.7 Å². The average Bonchev–Trinajstić information content (AvgIpc) is 2.87. The van der Waals surface area contributed by atoms with Crippen LogP contribution in [0.4, 0.5) is 0 Å². The van der Waals surface area contributed by atoms with Crippen molar-refractivity contribution in [2.24, 2.45) is 5.92 Å². The van der Waals surface area contributed by atoms with Gasteiger partial charge in [0.2, 0.25) is 5.91 Å². The molecule has 2 unspecified atom stereocenters. The normalized spacial score (nSPS) is 21.3. The van der Waals surface area contributed by atoms with Crippen LogP contribution in [0.3, 0.4) is 0 Å². The van der Waals surface area contributed by atoms with E-state index >= 15 is 0 Å². The van der Waals surface area contributed by atoms with Crippen LogP contribution in [0, 0.1) is 5.92 Å². The lowest BCUT2D eigenvalue weighted by atomic mass is 10.1. The fourth-order valence-corrected chi connectivity index (χ4v) is 2.52. The maximum absolute atomic E-state index is 12.2. The number of phenols is 1. The Morgan fingerprint density at radius 2 is 2.27 bits per heavy atom. The number of aliphatic hydroxyl groups is 1. The van der Waals surface area contributed by atoms with Crippen molar-refractivity contribution in [1.29, 1.82) is 0 Å². The van der Waals surface area contributed by atoms with Crippen LogP contribution in [0.5, 0.6) is 5.75 Å². The molecule has 0 spiro atoms. The van der Waals surface area contributed by atoms with Gasteiger partial charge in [-0.15, -0.1) is 0 Å². The van der Waals surface area contributed by atoms with E-state index in [0.717, 1.165) is 0 Å². The lowest BCUT2D eigenvalue weighted by Gasteiger charge is -2.21. The highest BCUT2D eigenvalue weighted by atomic mass is 16.5. The molecular formula is C16H19NO5. The van der Waals surface area contributed by atoms with Crippen LogP contribution in [-0.4, -0.2) is 40.3 Å². The van der Waals surface area contributed by atoms with Crippen LogP contribution in [0.2, 0.25) is 0 Å². The molecule has 0 aliphatic carbocycles. The number of aliphatic hydroxyl groups excluding tert-OH is 1. The second-order valence-corrected chi connectivity index (χ2v) is 5.40. The zero-order valence-corrected chi connectivity index (χ0v) is 12.3. The van der Waals surface area contributed by atoms with Gasteiger partial charge in [-0.05, 0) is 29.7 Å². The summed E-state index contributed by atoms with van der Waals surface area (Å²) >= 11 is 0. The predicted molar refractivity (Wildman–Crippen MR) is 79.5 cm³/mol. The molecular weight excluding hydrogens is 286 g/mol. The van der Waals surface area contributed by atoms with Crippen molar-refractivity contribution in [3.05, 3.63) is 35.4 Å². The summed E-state index contributed by atoms with van der Waals surface area (Å²) in [7, 11) is 0. The molecule has 1 fully saturated rings. The number of hydrogen-bond donors (Lipinski definition) is 2. The molecule has 1 heterocycles. The van der Waals surface area contributed by atoms with Gasteiger partial charge in [0.15, 0.2) is 6.23 Å². The van der Waals surface area contributed by atoms with E-state index in [-0.39, 0.29) is 24.2 Å². The Morgan fingerprint density at radius 1 is 1.50 bits per heavy atom. The lowest BCUT2D eigenvalue weighted by molar-refractivity contribution is -0.147. The Labute approximate surface area is 128 Å². The first-order valence-corrected chi connectivity index (χ1v) is 7.05. The maximum atomic E-state index is 12.2. The van der Waals surface area contributed by atoms with Gasteiger partial charge in [-0.25, -0.2) is 0 Å². The van der Waals surface area contributed by atoms with E-state index in [1.807, 2.05) is 6.92 Å². The fourth-order valence-electron chi connectivity index (χ4n) is 2.52. The van der Waals surface area contributed by atoms with Gasteiger partial charge in [0.1, 0.15) is 5.75 Å². The molecule has 1 amide bonds. The van der Waals surface area contributed by atoms with Gasteiger partial charge in [0, 0.05) is 24.6 Å². The van der Waals surface area contributed by atoms with Gasteiger partial charge in [-0.3, -0.25) is 9.59 Å². The molecule has 0 saturated carbocycles. The van der Waals surface area contributed by atoms with Crippen molar-refractivity contribution in [3.8, 4) is 5.75 Å². The Bertz CT molecular complexity index is 584. The summed E-state index contributed by atoms with van der Waals surface area (Å²) in [6.07, 6.45) is 3.11. The predicted octanol–water partition coefficient (Wildman–Crippen LogP) is 1.27. The largest absolute Gasteiger partial charge is 0.508 e. The van der Waals surface area contributed by atoms with E-state index in [1.165, 1.54) is 17.0 Å². The van der Waals surface area contributed by atoms with Crippen LogP contribution in [0.25, 0.3) is 6.08 Å². The van der Waals surface area contributed by atoms with Gasteiger partial charge in [0.25, 0.3) is 6.47 Å². The molecule has 6 nitrogen and oxygen atoms in total. The minimum Gasteiger partial charge on any atom is -0.508 e. The first-order chi connectivity index (χ1) is 10.5. The third kappa shape index (κ3) is 3.65. The fraction of sp³-hybridized carbons (Fsp3) is 0.375. The second kappa shape index (κ2) is 7.09. The number of nitrogens with zero attached hydrogens (tertiary/aromatic N) is 1. The molecule has 1 aliphatic heterocycles. The first-order valence-electron chi connectivity index (χ1n) is 7.05. The topological polar surface area (TPSA) is 87.1 Å². The highest BCUT2D eigenvalue weighted by molar-refractivity contribution is 5.92. The minimum atomic E-state index is -0.516. The van der Waals surface area contributed by atoms with E-state index in [2.05, 4.69) is 0 Å². The van der Waals surface area contributed by atoms with Gasteiger partial charge < -0.3 is 19.8 Å². The summed E-state index contributed by atoms with van der Waals surface area (Å²) in [5.41, 5.74) is 1.09. The zero-order valence-electron chi connectivity index (χ0n) is 12.3. The number of carbonyl (C=O) groups is 2. The van der Waals surface area contributed by atoms with Crippen LogP contribution in [0.15, 0.2) is 24.3 Å². The molecule has 2 rings (SSSR count). The molecule has 6 heteroatoms. The molecule has 1 aromatic carbocycles. The molecule has 1 aromatic rings. The first kappa shape index (κ1) is 16.0. The number of amides is 1. The Morgan fingerprint density at radius 3 is 2.95 bits per heavy atom. The molecule has 2 N–H and O–H groups in total. The lowest BCUT2D eigenvalue weighted by Crippen LogP contribution is -2.36. The molecule has 2 atom stereocenters. The summed E-state index contributed by atoms with van der Waals surface area (Å²) in [5.74, 6) is 0.0468. The number of ether oxygens (including phenoxy) is 1. The Hall–Kier alpha value is -2.34. The quantitative estimate of drug-likeness (QED) is 0.632. The molecule has 0 bridgehead atoms. The third-order valence-electron chi connectivity index (χ3n) is 3.65. The van der Waals surface area contributed by atoms with Crippen molar-refractivity contribution < 1.29 is 24.5 Å². The standard InChI is InChI=1S/C16H19NO5/c1-11-6-16(22-10-19)17(8-11)15(21)5-3-12-2-4-14(20)13(7-12)9-18/h2-5,7,10-11,16,18,20H,6,8-9H2,1H3/b5-3+. The summed E-state index contributed by atoms with van der Waals surface area (Å²) in [6, 6.07) is 4.71. The Kier molecular flexibility index (Phi) is 5.16. The van der Waals surface area contributed by atoms with Gasteiger partial charge in [-0.1, -0.05) is 13.0 Å². The number of carbonyl (C=O) groups excluding carboxylic acids is 2. The number of likely N-dealkylation sites (tertiary alicyclic amines) is 1. The van der Waals surface area contributed by atoms with E-state index in [1.54, 1.807) is 18.2 Å². The highest BCUT2D eigenvalue weighted by Crippen LogP contribution is 2.24. The summed E-state index contributed by atoms with van der Waals surface area (Å²) in [5, 5.41) is 18.6. The van der Waals surface area contributed by atoms with Crippen LogP contribution in [0.1, 0.15) is 24.5 Å². The molecule has 0 radical (unpaired) electrons. The van der Waals surface area contributed by atoms with Crippen molar-refractivity contribution in [1.82, 2.24) is 4.90 Å². The van der Waals surface area contributed by atoms with Crippen molar-refractivity contribution in [3.63, 3.8) is 0 Å². The number of aromatic hydroxyl groups is 1. The third-order valence-corrected chi connectivity index (χ3v) is 3.65. The van der Waals surface area contributed by atoms with Gasteiger partial charge >= 0.3 is 0 Å². The molecule has 22 heavy (non-hydrogen) atoms. The van der Waals surface area contributed by atoms with Crippen molar-refractivity contribution in [2.75, 3.05) is 6.54 Å². The average molecular weight is 305 g/mol.